The van der Waals surface area contributed by atoms with Crippen LogP contribution in [0.1, 0.15) is 0 Å². The highest BCUT2D eigenvalue weighted by molar-refractivity contribution is 7.71. The first-order valence-electron chi connectivity index (χ1n) is 3.88. The largest absolute Gasteiger partial charge is 0.342 e. The Balaban J connectivity index is 2.04. The zero-order chi connectivity index (χ0) is 9.36. The van der Waals surface area contributed by atoms with E-state index >= 15 is 0 Å². The first-order chi connectivity index (χ1) is 6.12. The molecule has 2 rings (SSSR count). The summed E-state index contributed by atoms with van der Waals surface area (Å²) in [6.07, 6.45) is 0. The van der Waals surface area contributed by atoms with E-state index in [1.807, 2.05) is 0 Å². The minimum atomic E-state index is -3.20. The van der Waals surface area contributed by atoms with Crippen LogP contribution in [0, 0.1) is 0 Å². The van der Waals surface area contributed by atoms with Crippen LogP contribution in [0.25, 0.3) is 0 Å². The van der Waals surface area contributed by atoms with Gasteiger partial charge < -0.3 is 18.1 Å². The maximum atomic E-state index is 11.6. The van der Waals surface area contributed by atoms with E-state index in [-0.39, 0.29) is 32.3 Å². The first-order valence-corrected chi connectivity index (χ1v) is 7.34. The predicted molar refractivity (Wildman–Crippen MR) is 43.9 cm³/mol. The summed E-state index contributed by atoms with van der Waals surface area (Å²) in [5.41, 5.74) is 0. The molecule has 13 heavy (non-hydrogen) atoms. The second-order valence-corrected chi connectivity index (χ2v) is 7.30. The van der Waals surface area contributed by atoms with Crippen molar-refractivity contribution in [2.45, 2.75) is 0 Å². The predicted octanol–water partition coefficient (Wildman–Crippen LogP) is 1.42. The summed E-state index contributed by atoms with van der Waals surface area (Å²) >= 11 is 0. The van der Waals surface area contributed by atoms with Crippen LogP contribution in [-0.4, -0.2) is 32.3 Å². The van der Waals surface area contributed by atoms with Crippen molar-refractivity contribution in [1.82, 2.24) is 0 Å². The Hall–Kier alpha value is 0.300. The van der Waals surface area contributed by atoms with Crippen LogP contribution in [0.3, 0.4) is 0 Å². The molecule has 0 saturated carbocycles. The van der Waals surface area contributed by atoms with E-state index in [0.717, 1.165) is 0 Å². The maximum Gasteiger partial charge on any atom is 0.342 e. The Kier molecular flexibility index (Phi) is 2.62. The Bertz CT molecular complexity index is 241. The summed E-state index contributed by atoms with van der Waals surface area (Å²) in [5, 5.41) is 0. The Morgan fingerprint density at radius 2 is 1.08 bits per heavy atom. The number of hydrogen-bond donors (Lipinski definition) is 0. The zero-order valence-corrected chi connectivity index (χ0v) is 8.67. The highest BCUT2D eigenvalue weighted by Gasteiger charge is 2.43. The second-order valence-electron chi connectivity index (χ2n) is 2.70. The SMILES string of the molecule is O=P1(CP2(=O)OCCO2)OCCO1. The van der Waals surface area contributed by atoms with Gasteiger partial charge in [-0.15, -0.1) is 0 Å². The molecule has 0 aromatic rings. The van der Waals surface area contributed by atoms with E-state index < -0.39 is 15.2 Å². The van der Waals surface area contributed by atoms with Crippen molar-refractivity contribution in [3.05, 3.63) is 0 Å². The third-order valence-electron chi connectivity index (χ3n) is 1.67. The molecule has 76 valence electrons. The fourth-order valence-corrected chi connectivity index (χ4v) is 5.72. The summed E-state index contributed by atoms with van der Waals surface area (Å²) in [5.74, 6) is -0.264. The van der Waals surface area contributed by atoms with E-state index in [1.54, 1.807) is 0 Å². The maximum absolute atomic E-state index is 11.6. The molecular formula is C5H10O6P2. The van der Waals surface area contributed by atoms with Crippen molar-refractivity contribution in [1.29, 1.82) is 0 Å². The highest BCUT2D eigenvalue weighted by atomic mass is 31.2. The summed E-state index contributed by atoms with van der Waals surface area (Å²) in [7, 11) is -6.40. The lowest BCUT2D eigenvalue weighted by Gasteiger charge is -2.13. The van der Waals surface area contributed by atoms with E-state index in [0.29, 0.717) is 0 Å². The average molecular weight is 228 g/mol. The highest BCUT2D eigenvalue weighted by Crippen LogP contribution is 2.66. The van der Waals surface area contributed by atoms with Crippen LogP contribution in [0.5, 0.6) is 0 Å². The van der Waals surface area contributed by atoms with Gasteiger partial charge in [-0.25, -0.2) is 0 Å². The second kappa shape index (κ2) is 3.46. The topological polar surface area (TPSA) is 71.1 Å². The van der Waals surface area contributed by atoms with Gasteiger partial charge in [0.05, 0.1) is 26.4 Å². The molecule has 0 atom stereocenters. The molecule has 2 aliphatic heterocycles. The van der Waals surface area contributed by atoms with Crippen LogP contribution >= 0.6 is 15.2 Å². The zero-order valence-electron chi connectivity index (χ0n) is 6.88. The third-order valence-corrected chi connectivity index (χ3v) is 6.74. The minimum Gasteiger partial charge on any atom is -0.306 e. The van der Waals surface area contributed by atoms with Crippen molar-refractivity contribution in [2.75, 3.05) is 32.3 Å². The van der Waals surface area contributed by atoms with Crippen LogP contribution in [0.4, 0.5) is 0 Å². The molecule has 0 unspecified atom stereocenters. The van der Waals surface area contributed by atoms with Crippen LogP contribution < -0.4 is 0 Å². The van der Waals surface area contributed by atoms with Gasteiger partial charge in [-0.05, 0) is 0 Å². The number of hydrogen-bond acceptors (Lipinski definition) is 6. The summed E-state index contributed by atoms with van der Waals surface area (Å²) in [6, 6.07) is 0. The smallest absolute Gasteiger partial charge is 0.306 e. The van der Waals surface area contributed by atoms with Gasteiger partial charge in [0.2, 0.25) is 0 Å². The molecule has 0 aromatic heterocycles. The number of rotatable bonds is 2. The molecule has 0 N–H and O–H groups in total. The summed E-state index contributed by atoms with van der Waals surface area (Å²) in [4.78, 5) is 0. The van der Waals surface area contributed by atoms with Crippen molar-refractivity contribution in [3.63, 3.8) is 0 Å². The van der Waals surface area contributed by atoms with Gasteiger partial charge in [0.1, 0.15) is 0 Å². The molecule has 0 bridgehead atoms. The molecule has 0 aromatic carbocycles. The van der Waals surface area contributed by atoms with Crippen molar-refractivity contribution in [2.24, 2.45) is 0 Å². The molecule has 0 aliphatic carbocycles. The van der Waals surface area contributed by atoms with Gasteiger partial charge in [-0.2, -0.15) is 0 Å². The van der Waals surface area contributed by atoms with E-state index in [9.17, 15) is 9.13 Å². The van der Waals surface area contributed by atoms with Crippen LogP contribution in [0.15, 0.2) is 0 Å². The Labute approximate surface area is 75.6 Å². The van der Waals surface area contributed by atoms with Crippen molar-refractivity contribution in [3.8, 4) is 0 Å². The van der Waals surface area contributed by atoms with E-state index in [1.165, 1.54) is 0 Å². The lowest BCUT2D eigenvalue weighted by atomic mass is 10.8. The van der Waals surface area contributed by atoms with E-state index in [2.05, 4.69) is 0 Å². The third kappa shape index (κ3) is 2.21. The fraction of sp³-hybridized carbons (Fsp3) is 1.00. The van der Waals surface area contributed by atoms with Gasteiger partial charge in [0.15, 0.2) is 5.90 Å². The lowest BCUT2D eigenvalue weighted by Crippen LogP contribution is -1.92. The Morgan fingerprint density at radius 1 is 0.769 bits per heavy atom. The van der Waals surface area contributed by atoms with Gasteiger partial charge in [-0.3, -0.25) is 9.13 Å². The quantitative estimate of drug-likeness (QED) is 0.665. The molecule has 6 nitrogen and oxygen atoms in total. The Morgan fingerprint density at radius 3 is 1.38 bits per heavy atom. The molecule has 2 fully saturated rings. The first kappa shape index (κ1) is 9.84. The molecule has 2 aliphatic rings. The van der Waals surface area contributed by atoms with Crippen LogP contribution in [0.2, 0.25) is 0 Å². The fourth-order valence-electron chi connectivity index (χ4n) is 1.16. The normalized spacial score (nSPS) is 30.8. The molecule has 0 amide bonds. The monoisotopic (exact) mass is 228 g/mol. The van der Waals surface area contributed by atoms with Gasteiger partial charge in [0.25, 0.3) is 0 Å². The minimum absolute atomic E-state index is 0.264. The molecule has 0 spiro atoms. The van der Waals surface area contributed by atoms with Gasteiger partial charge in [0, 0.05) is 0 Å². The molecule has 2 heterocycles. The summed E-state index contributed by atoms with van der Waals surface area (Å²) < 4.78 is 42.7. The van der Waals surface area contributed by atoms with Crippen molar-refractivity contribution >= 4 is 15.2 Å². The van der Waals surface area contributed by atoms with Gasteiger partial charge in [-0.1, -0.05) is 0 Å². The average Bonchev–Trinajstić information content (AvgIpc) is 2.60. The van der Waals surface area contributed by atoms with Gasteiger partial charge >= 0.3 is 15.2 Å². The van der Waals surface area contributed by atoms with Crippen molar-refractivity contribution < 1.29 is 27.2 Å². The van der Waals surface area contributed by atoms with Crippen LogP contribution in [-0.2, 0) is 27.2 Å². The lowest BCUT2D eigenvalue weighted by molar-refractivity contribution is 0.335. The standard InChI is InChI=1S/C5H10O6P2/c6-12(8-1-2-9-12)5-13(7)10-3-4-11-13/h1-5H2. The molecular weight excluding hydrogens is 218 g/mol. The molecule has 0 radical (unpaired) electrons. The molecule has 2 saturated heterocycles. The van der Waals surface area contributed by atoms with E-state index in [4.69, 9.17) is 18.1 Å². The molecule has 8 heteroatoms. The summed E-state index contributed by atoms with van der Waals surface area (Å²) in [6.45, 7) is 1.10.